The van der Waals surface area contributed by atoms with Gasteiger partial charge in [0.15, 0.2) is 11.6 Å². The lowest BCUT2D eigenvalue weighted by Gasteiger charge is -2.13. The molecule has 0 amide bonds. The Morgan fingerprint density at radius 1 is 1.00 bits per heavy atom. The van der Waals surface area contributed by atoms with Crippen molar-refractivity contribution in [2.24, 2.45) is 0 Å². The van der Waals surface area contributed by atoms with Gasteiger partial charge in [0.2, 0.25) is 11.9 Å². The average Bonchev–Trinajstić information content (AvgIpc) is 2.62. The van der Waals surface area contributed by atoms with Gasteiger partial charge in [-0.3, -0.25) is 4.98 Å². The van der Waals surface area contributed by atoms with E-state index in [1.165, 1.54) is 12.1 Å². The van der Waals surface area contributed by atoms with Crippen LogP contribution in [0.25, 0.3) is 11.5 Å². The third-order valence-electron chi connectivity index (χ3n) is 3.44. The second-order valence-corrected chi connectivity index (χ2v) is 6.22. The van der Waals surface area contributed by atoms with Crippen molar-refractivity contribution in [3.63, 3.8) is 0 Å². The van der Waals surface area contributed by atoms with Crippen molar-refractivity contribution in [3.05, 3.63) is 42.0 Å². The molecule has 0 radical (unpaired) electrons. The van der Waals surface area contributed by atoms with Crippen molar-refractivity contribution in [2.75, 3.05) is 16.4 Å². The fourth-order valence-electron chi connectivity index (χ4n) is 2.27. The van der Waals surface area contributed by atoms with Crippen molar-refractivity contribution in [3.8, 4) is 11.5 Å². The molecule has 3 rings (SSSR count). The first-order chi connectivity index (χ1) is 13.6. The molecule has 0 aliphatic carbocycles. The number of halogens is 4. The van der Waals surface area contributed by atoms with Crippen molar-refractivity contribution < 1.29 is 17.6 Å². The van der Waals surface area contributed by atoms with Crippen molar-refractivity contribution >= 4 is 23.4 Å². The van der Waals surface area contributed by atoms with Crippen molar-refractivity contribution in [2.45, 2.75) is 26.1 Å². The first-order valence-electron chi connectivity index (χ1n) is 8.37. The summed E-state index contributed by atoms with van der Waals surface area (Å²) in [4.78, 5) is 19.5. The van der Waals surface area contributed by atoms with Crippen molar-refractivity contribution in [1.82, 2.24) is 24.9 Å². The maximum atomic E-state index is 14.2. The molecule has 0 saturated heterocycles. The monoisotopic (exact) mass is 408 g/mol. The summed E-state index contributed by atoms with van der Waals surface area (Å²) in [6.07, 6.45) is -3.61. The summed E-state index contributed by atoms with van der Waals surface area (Å²) in [5.41, 5.74) is 4.35. The van der Waals surface area contributed by atoms with Crippen LogP contribution in [0.15, 0.2) is 30.5 Å². The van der Waals surface area contributed by atoms with Gasteiger partial charge in [-0.1, -0.05) is 0 Å². The van der Waals surface area contributed by atoms with Gasteiger partial charge in [-0.05, 0) is 38.1 Å². The molecular formula is C17H16F4N8. The van der Waals surface area contributed by atoms with E-state index in [0.717, 1.165) is 18.3 Å². The number of alkyl halides is 3. The predicted octanol–water partition coefficient (Wildman–Crippen LogP) is 3.63. The minimum Gasteiger partial charge on any atom is -0.384 e. The fourth-order valence-corrected chi connectivity index (χ4v) is 2.27. The molecule has 12 heteroatoms. The zero-order chi connectivity index (χ0) is 21.2. The van der Waals surface area contributed by atoms with Gasteiger partial charge in [0.05, 0.1) is 0 Å². The Morgan fingerprint density at radius 2 is 1.72 bits per heavy atom. The number of hydrogen-bond acceptors (Lipinski definition) is 8. The third kappa shape index (κ3) is 5.03. The van der Waals surface area contributed by atoms with E-state index in [9.17, 15) is 17.6 Å². The highest BCUT2D eigenvalue weighted by atomic mass is 19.4. The molecular weight excluding hydrogens is 392 g/mol. The van der Waals surface area contributed by atoms with E-state index in [-0.39, 0.29) is 41.0 Å². The van der Waals surface area contributed by atoms with E-state index >= 15 is 0 Å². The van der Waals surface area contributed by atoms with E-state index in [4.69, 9.17) is 5.73 Å². The van der Waals surface area contributed by atoms with Crippen LogP contribution in [0, 0.1) is 5.82 Å². The molecule has 29 heavy (non-hydrogen) atoms. The van der Waals surface area contributed by atoms with Gasteiger partial charge in [0, 0.05) is 17.9 Å². The summed E-state index contributed by atoms with van der Waals surface area (Å²) >= 11 is 0. The molecule has 0 bridgehead atoms. The molecule has 8 nitrogen and oxygen atoms in total. The van der Waals surface area contributed by atoms with E-state index in [1.54, 1.807) is 0 Å². The van der Waals surface area contributed by atoms with E-state index in [0.29, 0.717) is 0 Å². The van der Waals surface area contributed by atoms with E-state index in [2.05, 4.69) is 35.6 Å². The average molecular weight is 408 g/mol. The van der Waals surface area contributed by atoms with Crippen LogP contribution in [0.5, 0.6) is 0 Å². The maximum absolute atomic E-state index is 14.2. The summed E-state index contributed by atoms with van der Waals surface area (Å²) in [5, 5.41) is 5.59. The Balaban J connectivity index is 2.03. The smallest absolute Gasteiger partial charge is 0.384 e. The zero-order valence-corrected chi connectivity index (χ0v) is 15.3. The summed E-state index contributed by atoms with van der Waals surface area (Å²) < 4.78 is 52.8. The van der Waals surface area contributed by atoms with E-state index < -0.39 is 17.7 Å². The number of nitrogens with zero attached hydrogens (tertiary/aromatic N) is 5. The van der Waals surface area contributed by atoms with Crippen LogP contribution in [-0.2, 0) is 6.18 Å². The summed E-state index contributed by atoms with van der Waals surface area (Å²) in [7, 11) is 0. The minimum absolute atomic E-state index is 0.0426. The summed E-state index contributed by atoms with van der Waals surface area (Å²) in [6.45, 7) is 3.66. The Morgan fingerprint density at radius 3 is 2.41 bits per heavy atom. The minimum atomic E-state index is -4.61. The molecule has 0 atom stereocenters. The number of rotatable bonds is 5. The lowest BCUT2D eigenvalue weighted by atomic mass is 10.3. The number of nitrogen functional groups attached to an aromatic ring is 1. The van der Waals surface area contributed by atoms with Gasteiger partial charge in [0.25, 0.3) is 0 Å². The van der Waals surface area contributed by atoms with Crippen LogP contribution in [0.2, 0.25) is 0 Å². The lowest BCUT2D eigenvalue weighted by molar-refractivity contribution is -0.141. The lowest BCUT2D eigenvalue weighted by Crippen LogP contribution is -2.15. The number of pyridine rings is 2. The Labute approximate surface area is 162 Å². The number of hydrogen-bond donors (Lipinski definition) is 3. The molecule has 0 aliphatic heterocycles. The van der Waals surface area contributed by atoms with Gasteiger partial charge in [-0.2, -0.15) is 28.1 Å². The van der Waals surface area contributed by atoms with Gasteiger partial charge in [-0.15, -0.1) is 0 Å². The van der Waals surface area contributed by atoms with Gasteiger partial charge in [-0.25, -0.2) is 9.37 Å². The molecule has 0 saturated carbocycles. The van der Waals surface area contributed by atoms with Crippen molar-refractivity contribution in [1.29, 1.82) is 0 Å². The van der Waals surface area contributed by atoms with Crippen LogP contribution in [0.4, 0.5) is 41.0 Å². The largest absolute Gasteiger partial charge is 0.433 e. The number of nitrogens with two attached hydrogens (primary N) is 1. The predicted molar refractivity (Wildman–Crippen MR) is 98.7 cm³/mol. The quantitative estimate of drug-likeness (QED) is 0.549. The molecule has 0 aliphatic rings. The van der Waals surface area contributed by atoms with Crippen LogP contribution in [0.1, 0.15) is 19.5 Å². The molecule has 152 valence electrons. The summed E-state index contributed by atoms with van der Waals surface area (Å²) in [6, 6.07) is 4.44. The SMILES string of the molecule is CC(C)Nc1nc(Nc2ccnc(C(F)(F)F)c2)nc(-c2nc(N)ccc2F)n1. The van der Waals surface area contributed by atoms with Crippen LogP contribution in [0.3, 0.4) is 0 Å². The number of aromatic nitrogens is 5. The molecule has 4 N–H and O–H groups in total. The molecule has 3 aromatic heterocycles. The molecule has 3 aromatic rings. The highest BCUT2D eigenvalue weighted by molar-refractivity contribution is 5.60. The van der Waals surface area contributed by atoms with Crippen LogP contribution < -0.4 is 16.4 Å². The second kappa shape index (κ2) is 7.81. The first-order valence-corrected chi connectivity index (χ1v) is 8.37. The van der Waals surface area contributed by atoms with Crippen LogP contribution >= 0.6 is 0 Å². The first kappa shape index (κ1) is 20.2. The van der Waals surface area contributed by atoms with E-state index in [1.807, 2.05) is 13.8 Å². The van der Waals surface area contributed by atoms with Gasteiger partial charge in [0.1, 0.15) is 17.2 Å². The zero-order valence-electron chi connectivity index (χ0n) is 15.3. The topological polar surface area (TPSA) is 115 Å². The fraction of sp³-hybridized carbons (Fsp3) is 0.235. The Bertz CT molecular complexity index is 1020. The normalized spacial score (nSPS) is 11.6. The molecule has 0 spiro atoms. The molecule has 0 unspecified atom stereocenters. The summed E-state index contributed by atoms with van der Waals surface area (Å²) in [5.74, 6) is -0.823. The third-order valence-corrected chi connectivity index (χ3v) is 3.44. The Hall–Kier alpha value is -3.57. The van der Waals surface area contributed by atoms with Crippen LogP contribution in [-0.4, -0.2) is 31.0 Å². The molecule has 0 fully saturated rings. The number of anilines is 4. The second-order valence-electron chi connectivity index (χ2n) is 6.22. The van der Waals surface area contributed by atoms with Gasteiger partial charge < -0.3 is 16.4 Å². The highest BCUT2D eigenvalue weighted by Gasteiger charge is 2.32. The highest BCUT2D eigenvalue weighted by Crippen LogP contribution is 2.29. The Kier molecular flexibility index (Phi) is 5.43. The number of nitrogens with one attached hydrogen (secondary N) is 2. The standard InChI is InChI=1S/C17H16F4N8/c1-8(2)24-15-27-14(13-10(18)3-4-12(22)26-13)28-16(29-15)25-9-5-6-23-11(7-9)17(19,20)21/h3-8H,1-2H3,(H2,22,26)(H2,23,24,25,27,28,29). The molecule has 0 aromatic carbocycles. The molecule has 3 heterocycles. The van der Waals surface area contributed by atoms with Gasteiger partial charge >= 0.3 is 6.18 Å². The maximum Gasteiger partial charge on any atom is 0.433 e.